The van der Waals surface area contributed by atoms with Gasteiger partial charge in [0.25, 0.3) is 0 Å². The average molecular weight is 454 g/mol. The fourth-order valence-corrected chi connectivity index (χ4v) is 5.55. The largest absolute Gasteiger partial charge is 0.489 e. The summed E-state index contributed by atoms with van der Waals surface area (Å²) in [6.45, 7) is 3.33. The number of sulfone groups is 1. The first kappa shape index (κ1) is 22.2. The summed E-state index contributed by atoms with van der Waals surface area (Å²) in [7, 11) is -3.52. The maximum Gasteiger partial charge on any atom is 0.221 e. The van der Waals surface area contributed by atoms with E-state index in [-0.39, 0.29) is 22.6 Å². The number of piperidine rings is 1. The molecule has 1 saturated heterocycles. The van der Waals surface area contributed by atoms with Gasteiger partial charge in [0.15, 0.2) is 9.84 Å². The second-order valence-corrected chi connectivity index (χ2v) is 10.2. The number of benzene rings is 2. The maximum absolute atomic E-state index is 12.8. The van der Waals surface area contributed by atoms with E-state index in [1.54, 1.807) is 29.2 Å². The number of aromatic nitrogens is 1. The van der Waals surface area contributed by atoms with Crippen molar-refractivity contribution in [1.82, 2.24) is 9.88 Å². The molecule has 4 rings (SSSR count). The first-order valence-electron chi connectivity index (χ1n) is 10.6. The van der Waals surface area contributed by atoms with Crippen LogP contribution < -0.4 is 10.5 Å². The molecular formula is C24H27N3O4S. The van der Waals surface area contributed by atoms with E-state index in [0.717, 1.165) is 28.6 Å². The number of pyridine rings is 1. The lowest BCUT2D eigenvalue weighted by Crippen LogP contribution is -2.43. The van der Waals surface area contributed by atoms with Crippen LogP contribution in [0.5, 0.6) is 5.75 Å². The van der Waals surface area contributed by atoms with Crippen LogP contribution in [-0.4, -0.2) is 43.2 Å². The van der Waals surface area contributed by atoms with Crippen molar-refractivity contribution in [2.45, 2.75) is 31.3 Å². The Kier molecular flexibility index (Phi) is 6.43. The number of nitrogens with two attached hydrogens (primary N) is 1. The third kappa shape index (κ3) is 5.08. The van der Waals surface area contributed by atoms with Crippen LogP contribution in [0.15, 0.2) is 59.5 Å². The second-order valence-electron chi connectivity index (χ2n) is 8.26. The monoisotopic (exact) mass is 453 g/mol. The average Bonchev–Trinajstić information content (AvgIpc) is 2.77. The number of primary amides is 1. The number of carbonyl (C=O) groups is 1. The van der Waals surface area contributed by atoms with Gasteiger partial charge in [-0.05, 0) is 62.7 Å². The standard InChI is InChI=1S/C24H27N3O4S/c1-17-13-19(22-6-2-3-7-23(22)26-17)15-31-20-8-10-21(11-9-20)32(29,30)16-27-12-4-5-18(14-27)24(25)28/h2-3,6-11,13,18H,4-5,12,14-16H2,1H3,(H2,25,28). The topological polar surface area (TPSA) is 103 Å². The summed E-state index contributed by atoms with van der Waals surface area (Å²) in [5.41, 5.74) is 8.26. The van der Waals surface area contributed by atoms with Crippen molar-refractivity contribution in [3.63, 3.8) is 0 Å². The van der Waals surface area contributed by atoms with Gasteiger partial charge in [-0.25, -0.2) is 8.42 Å². The number of hydrogen-bond donors (Lipinski definition) is 1. The molecule has 1 aromatic heterocycles. The van der Waals surface area contributed by atoms with Crippen molar-refractivity contribution in [2.75, 3.05) is 19.0 Å². The number of fused-ring (bicyclic) bond motifs is 1. The van der Waals surface area contributed by atoms with Crippen LogP contribution in [0.1, 0.15) is 24.1 Å². The number of aryl methyl sites for hydroxylation is 1. The Morgan fingerprint density at radius 3 is 2.69 bits per heavy atom. The molecule has 1 fully saturated rings. The Hall–Kier alpha value is -2.97. The summed E-state index contributed by atoms with van der Waals surface area (Å²) in [5, 5.41) is 1.04. The van der Waals surface area contributed by atoms with Gasteiger partial charge in [-0.15, -0.1) is 0 Å². The normalized spacial score (nSPS) is 17.3. The van der Waals surface area contributed by atoms with Crippen LogP contribution in [0.3, 0.4) is 0 Å². The van der Waals surface area contributed by atoms with Crippen molar-refractivity contribution in [3.8, 4) is 5.75 Å². The molecule has 2 aromatic carbocycles. The molecule has 1 aliphatic heterocycles. The number of hydrogen-bond acceptors (Lipinski definition) is 6. The molecule has 0 bridgehead atoms. The number of rotatable bonds is 7. The van der Waals surface area contributed by atoms with E-state index in [4.69, 9.17) is 10.5 Å². The van der Waals surface area contributed by atoms with Gasteiger partial charge in [0.05, 0.1) is 16.3 Å². The molecule has 1 amide bonds. The molecule has 2 N–H and O–H groups in total. The molecule has 1 atom stereocenters. The van der Waals surface area contributed by atoms with E-state index >= 15 is 0 Å². The number of nitrogens with zero attached hydrogens (tertiary/aromatic N) is 2. The summed E-state index contributed by atoms with van der Waals surface area (Å²) >= 11 is 0. The minimum absolute atomic E-state index is 0.126. The van der Waals surface area contributed by atoms with Gasteiger partial charge in [0.2, 0.25) is 5.91 Å². The molecule has 0 radical (unpaired) electrons. The highest BCUT2D eigenvalue weighted by Crippen LogP contribution is 2.23. The molecule has 3 aromatic rings. The fraction of sp³-hybridized carbons (Fsp3) is 0.333. The van der Waals surface area contributed by atoms with Crippen molar-refractivity contribution in [2.24, 2.45) is 11.7 Å². The highest BCUT2D eigenvalue weighted by molar-refractivity contribution is 7.91. The van der Waals surface area contributed by atoms with Crippen molar-refractivity contribution in [1.29, 1.82) is 0 Å². The van der Waals surface area contributed by atoms with E-state index in [1.165, 1.54) is 0 Å². The van der Waals surface area contributed by atoms with Gasteiger partial charge < -0.3 is 10.5 Å². The molecule has 1 unspecified atom stereocenters. The number of amides is 1. The van der Waals surface area contributed by atoms with E-state index in [1.807, 2.05) is 37.3 Å². The van der Waals surface area contributed by atoms with Crippen LogP contribution in [0.4, 0.5) is 0 Å². The lowest BCUT2D eigenvalue weighted by Gasteiger charge is -2.30. The van der Waals surface area contributed by atoms with Gasteiger partial charge in [0, 0.05) is 23.2 Å². The molecule has 0 spiro atoms. The van der Waals surface area contributed by atoms with Crippen LogP contribution in [0.2, 0.25) is 0 Å². The molecule has 168 valence electrons. The summed E-state index contributed by atoms with van der Waals surface area (Å²) in [5.74, 6) is -0.193. The molecule has 1 aliphatic rings. The maximum atomic E-state index is 12.8. The van der Waals surface area contributed by atoms with Crippen LogP contribution >= 0.6 is 0 Å². The minimum atomic E-state index is -3.52. The molecule has 0 saturated carbocycles. The third-order valence-corrected chi connectivity index (χ3v) is 7.46. The Bertz CT molecular complexity index is 1230. The van der Waals surface area contributed by atoms with Crippen molar-refractivity contribution < 1.29 is 17.9 Å². The predicted octanol–water partition coefficient (Wildman–Crippen LogP) is 3.05. The van der Waals surface area contributed by atoms with Gasteiger partial charge in [-0.1, -0.05) is 18.2 Å². The smallest absolute Gasteiger partial charge is 0.221 e. The minimum Gasteiger partial charge on any atom is -0.489 e. The van der Waals surface area contributed by atoms with E-state index < -0.39 is 9.84 Å². The van der Waals surface area contributed by atoms with Gasteiger partial charge >= 0.3 is 0 Å². The van der Waals surface area contributed by atoms with Gasteiger partial charge in [0.1, 0.15) is 18.2 Å². The number of ether oxygens (including phenoxy) is 1. The predicted molar refractivity (Wildman–Crippen MR) is 123 cm³/mol. The third-order valence-electron chi connectivity index (χ3n) is 5.77. The Morgan fingerprint density at radius 2 is 1.94 bits per heavy atom. The zero-order valence-electron chi connectivity index (χ0n) is 18.0. The highest BCUT2D eigenvalue weighted by Gasteiger charge is 2.27. The Balaban J connectivity index is 1.42. The van der Waals surface area contributed by atoms with E-state index in [9.17, 15) is 13.2 Å². The van der Waals surface area contributed by atoms with Gasteiger partial charge in [-0.2, -0.15) is 0 Å². The lowest BCUT2D eigenvalue weighted by atomic mass is 9.98. The molecule has 32 heavy (non-hydrogen) atoms. The van der Waals surface area contributed by atoms with Crippen molar-refractivity contribution in [3.05, 3.63) is 65.9 Å². The molecule has 2 heterocycles. The summed E-state index contributed by atoms with van der Waals surface area (Å²) in [6.07, 6.45) is 1.48. The van der Waals surface area contributed by atoms with Crippen molar-refractivity contribution >= 4 is 26.6 Å². The second kappa shape index (κ2) is 9.26. The first-order chi connectivity index (χ1) is 15.3. The summed E-state index contributed by atoms with van der Waals surface area (Å²) in [6, 6.07) is 16.4. The number of carbonyl (C=O) groups excluding carboxylic acids is 1. The van der Waals surface area contributed by atoms with Crippen LogP contribution in [0.25, 0.3) is 10.9 Å². The highest BCUT2D eigenvalue weighted by atomic mass is 32.2. The Morgan fingerprint density at radius 1 is 1.19 bits per heavy atom. The SMILES string of the molecule is Cc1cc(COc2ccc(S(=O)(=O)CN3CCCC(C(N)=O)C3)cc2)c2ccccc2n1. The van der Waals surface area contributed by atoms with Crippen LogP contribution in [-0.2, 0) is 21.2 Å². The molecule has 7 nitrogen and oxygen atoms in total. The zero-order valence-corrected chi connectivity index (χ0v) is 18.8. The number of para-hydroxylation sites is 1. The van der Waals surface area contributed by atoms with Crippen LogP contribution in [0, 0.1) is 12.8 Å². The summed E-state index contributed by atoms with van der Waals surface area (Å²) < 4.78 is 31.6. The number of likely N-dealkylation sites (tertiary alicyclic amines) is 1. The quantitative estimate of drug-likeness (QED) is 0.590. The Labute approximate surface area is 188 Å². The molecular weight excluding hydrogens is 426 g/mol. The molecule has 8 heteroatoms. The lowest BCUT2D eigenvalue weighted by molar-refractivity contribution is -0.123. The zero-order chi connectivity index (χ0) is 22.7. The summed E-state index contributed by atoms with van der Waals surface area (Å²) in [4.78, 5) is 18.0. The first-order valence-corrected chi connectivity index (χ1v) is 12.3. The van der Waals surface area contributed by atoms with E-state index in [2.05, 4.69) is 4.98 Å². The molecule has 0 aliphatic carbocycles. The van der Waals surface area contributed by atoms with Gasteiger partial charge in [-0.3, -0.25) is 14.7 Å². The fourth-order valence-electron chi connectivity index (χ4n) is 4.14. The van der Waals surface area contributed by atoms with E-state index in [0.29, 0.717) is 31.9 Å².